The second kappa shape index (κ2) is 11.1. The summed E-state index contributed by atoms with van der Waals surface area (Å²) in [5, 5.41) is 1.57. The lowest BCUT2D eigenvalue weighted by atomic mass is 10.1. The highest BCUT2D eigenvalue weighted by Crippen LogP contribution is 2.36. The molecule has 0 aliphatic carbocycles. The second-order valence-corrected chi connectivity index (χ2v) is 9.46. The molecule has 1 unspecified atom stereocenters. The monoisotopic (exact) mass is 527 g/mol. The van der Waals surface area contributed by atoms with E-state index >= 15 is 0 Å². The van der Waals surface area contributed by atoms with Crippen LogP contribution in [0.15, 0.2) is 78.9 Å². The number of anilines is 2. The number of hydrazine groups is 1. The number of fused-ring (bicyclic) bond motifs is 1. The van der Waals surface area contributed by atoms with E-state index in [0.717, 1.165) is 11.3 Å². The quantitative estimate of drug-likeness (QED) is 0.206. The Labute approximate surface area is 226 Å². The van der Waals surface area contributed by atoms with Crippen LogP contribution in [0.4, 0.5) is 15.9 Å². The zero-order chi connectivity index (χ0) is 27.5. The van der Waals surface area contributed by atoms with Crippen LogP contribution in [0.25, 0.3) is 11.3 Å². The van der Waals surface area contributed by atoms with Gasteiger partial charge in [-0.3, -0.25) is 14.6 Å². The maximum atomic E-state index is 13.7. The van der Waals surface area contributed by atoms with E-state index in [0.29, 0.717) is 41.6 Å². The average molecular weight is 528 g/mol. The summed E-state index contributed by atoms with van der Waals surface area (Å²) in [4.78, 5) is 32.4. The highest BCUT2D eigenvalue weighted by Gasteiger charge is 2.34. The van der Waals surface area contributed by atoms with Crippen LogP contribution in [0.3, 0.4) is 0 Å². The van der Waals surface area contributed by atoms with Crippen LogP contribution in [0.5, 0.6) is 0 Å². The molecule has 200 valence electrons. The van der Waals surface area contributed by atoms with Crippen molar-refractivity contribution in [2.45, 2.75) is 39.5 Å². The number of hydrogen-bond acceptors (Lipinski definition) is 6. The summed E-state index contributed by atoms with van der Waals surface area (Å²) in [6.45, 7) is 4.68. The highest BCUT2D eigenvalue weighted by atomic mass is 19.1. The molecule has 1 aromatic heterocycles. The van der Waals surface area contributed by atoms with E-state index in [-0.39, 0.29) is 24.7 Å². The molecule has 1 atom stereocenters. The molecule has 3 aromatic carbocycles. The standard InChI is InChI=1S/C30H30FN5O3/c1-3-26(37)39-28(22-7-5-4-6-8-22)30(38)34-17-18-35-25(19-34)33-27(21-11-13-23(31)14-12-21)29(35)36(32)24-15-9-20(2)10-16-24/h4-16,28H,3,17-19,32H2,1-2H3. The van der Waals surface area contributed by atoms with E-state index in [9.17, 15) is 14.0 Å². The number of rotatable bonds is 7. The van der Waals surface area contributed by atoms with Crippen molar-refractivity contribution in [3.63, 3.8) is 0 Å². The van der Waals surface area contributed by atoms with Gasteiger partial charge in [0.05, 0.1) is 12.2 Å². The molecule has 0 fully saturated rings. The Morgan fingerprint density at radius 2 is 1.72 bits per heavy atom. The molecule has 0 bridgehead atoms. The maximum absolute atomic E-state index is 13.7. The van der Waals surface area contributed by atoms with Gasteiger partial charge in [0.2, 0.25) is 6.10 Å². The molecule has 39 heavy (non-hydrogen) atoms. The molecule has 8 nitrogen and oxygen atoms in total. The van der Waals surface area contributed by atoms with Crippen LogP contribution >= 0.6 is 0 Å². The van der Waals surface area contributed by atoms with Crippen LogP contribution in [-0.2, 0) is 27.4 Å². The fourth-order valence-corrected chi connectivity index (χ4v) is 4.65. The van der Waals surface area contributed by atoms with Crippen molar-refractivity contribution in [2.75, 3.05) is 11.6 Å². The number of esters is 1. The number of benzene rings is 3. The van der Waals surface area contributed by atoms with Gasteiger partial charge in [0, 0.05) is 30.6 Å². The summed E-state index contributed by atoms with van der Waals surface area (Å²) in [6.07, 6.45) is -0.883. The Bertz CT molecular complexity index is 1470. The van der Waals surface area contributed by atoms with Crippen LogP contribution in [0.1, 0.15) is 36.4 Å². The van der Waals surface area contributed by atoms with Crippen molar-refractivity contribution in [3.05, 3.63) is 102 Å². The number of aryl methyl sites for hydroxylation is 1. The molecule has 1 amide bonds. The molecule has 1 aliphatic rings. The first kappa shape index (κ1) is 26.1. The minimum absolute atomic E-state index is 0.163. The maximum Gasteiger partial charge on any atom is 0.306 e. The van der Waals surface area contributed by atoms with Gasteiger partial charge in [0.1, 0.15) is 17.3 Å². The van der Waals surface area contributed by atoms with E-state index in [1.165, 1.54) is 12.1 Å². The molecule has 5 rings (SSSR count). The van der Waals surface area contributed by atoms with Gasteiger partial charge in [0.25, 0.3) is 5.91 Å². The van der Waals surface area contributed by atoms with Crippen LogP contribution in [0.2, 0.25) is 0 Å². The smallest absolute Gasteiger partial charge is 0.306 e. The third kappa shape index (κ3) is 5.39. The molecule has 9 heteroatoms. The number of amides is 1. The Kier molecular flexibility index (Phi) is 7.42. The largest absolute Gasteiger partial charge is 0.447 e. The van der Waals surface area contributed by atoms with Crippen LogP contribution < -0.4 is 10.9 Å². The van der Waals surface area contributed by atoms with Crippen molar-refractivity contribution < 1.29 is 18.7 Å². The number of ether oxygens (including phenoxy) is 1. The van der Waals surface area contributed by atoms with E-state index in [1.54, 1.807) is 53.2 Å². The van der Waals surface area contributed by atoms with E-state index in [1.807, 2.05) is 41.8 Å². The van der Waals surface area contributed by atoms with E-state index < -0.39 is 12.1 Å². The first-order valence-electron chi connectivity index (χ1n) is 12.9. The van der Waals surface area contributed by atoms with Gasteiger partial charge in [-0.25, -0.2) is 15.2 Å². The molecule has 0 saturated heterocycles. The van der Waals surface area contributed by atoms with Crippen LogP contribution in [-0.4, -0.2) is 32.9 Å². The average Bonchev–Trinajstić information content (AvgIpc) is 3.35. The van der Waals surface area contributed by atoms with Crippen molar-refractivity contribution in [1.82, 2.24) is 14.5 Å². The predicted octanol–water partition coefficient (Wildman–Crippen LogP) is 5.05. The molecule has 0 saturated carbocycles. The third-order valence-electron chi connectivity index (χ3n) is 6.78. The van der Waals surface area contributed by atoms with Crippen LogP contribution in [0, 0.1) is 12.7 Å². The van der Waals surface area contributed by atoms with Gasteiger partial charge < -0.3 is 14.2 Å². The van der Waals surface area contributed by atoms with Gasteiger partial charge in [-0.1, -0.05) is 55.0 Å². The summed E-state index contributed by atoms with van der Waals surface area (Å²) < 4.78 is 21.3. The lowest BCUT2D eigenvalue weighted by Crippen LogP contribution is -2.42. The number of hydrogen-bond donors (Lipinski definition) is 1. The zero-order valence-electron chi connectivity index (χ0n) is 21.9. The number of nitrogens with zero attached hydrogens (tertiary/aromatic N) is 4. The van der Waals surface area contributed by atoms with Gasteiger partial charge in [-0.2, -0.15) is 0 Å². The summed E-state index contributed by atoms with van der Waals surface area (Å²) >= 11 is 0. The first-order chi connectivity index (χ1) is 18.9. The van der Waals surface area contributed by atoms with Gasteiger partial charge >= 0.3 is 5.97 Å². The SMILES string of the molecule is CCC(=O)OC(C(=O)N1CCn2c(nc(-c3ccc(F)cc3)c2N(N)c2ccc(C)cc2)C1)c1ccccc1. The van der Waals surface area contributed by atoms with Gasteiger partial charge in [-0.05, 0) is 43.3 Å². The van der Waals surface area contributed by atoms with Crippen molar-refractivity contribution >= 4 is 23.4 Å². The van der Waals surface area contributed by atoms with E-state index in [2.05, 4.69) is 0 Å². The molecular weight excluding hydrogens is 497 g/mol. The molecule has 0 radical (unpaired) electrons. The molecular formula is C30H30FN5O3. The normalized spacial score (nSPS) is 13.5. The van der Waals surface area contributed by atoms with Crippen molar-refractivity contribution in [3.8, 4) is 11.3 Å². The van der Waals surface area contributed by atoms with Gasteiger partial charge in [-0.15, -0.1) is 0 Å². The molecule has 2 N–H and O–H groups in total. The molecule has 4 aromatic rings. The Morgan fingerprint density at radius 1 is 1.03 bits per heavy atom. The van der Waals surface area contributed by atoms with E-state index in [4.69, 9.17) is 15.6 Å². The number of nitrogens with two attached hydrogens (primary N) is 1. The minimum Gasteiger partial charge on any atom is -0.447 e. The first-order valence-corrected chi connectivity index (χ1v) is 12.9. The fraction of sp³-hybridized carbons (Fsp3) is 0.233. The predicted molar refractivity (Wildman–Crippen MR) is 146 cm³/mol. The number of halogens is 1. The highest BCUT2D eigenvalue weighted by molar-refractivity contribution is 5.85. The lowest BCUT2D eigenvalue weighted by Gasteiger charge is -2.32. The van der Waals surface area contributed by atoms with Crippen molar-refractivity contribution in [1.29, 1.82) is 0 Å². The summed E-state index contributed by atoms with van der Waals surface area (Å²) in [5.74, 6) is 6.81. The van der Waals surface area contributed by atoms with Crippen molar-refractivity contribution in [2.24, 2.45) is 5.84 Å². The second-order valence-electron chi connectivity index (χ2n) is 9.46. The minimum atomic E-state index is -1.05. The van der Waals surface area contributed by atoms with Gasteiger partial charge in [0.15, 0.2) is 5.82 Å². The number of imidazole rings is 1. The Balaban J connectivity index is 1.51. The molecule has 1 aliphatic heterocycles. The fourth-order valence-electron chi connectivity index (χ4n) is 4.65. The Morgan fingerprint density at radius 3 is 2.38 bits per heavy atom. The molecule has 0 spiro atoms. The number of carbonyl (C=O) groups excluding carboxylic acids is 2. The lowest BCUT2D eigenvalue weighted by molar-refractivity contribution is -0.161. The summed E-state index contributed by atoms with van der Waals surface area (Å²) in [5.41, 5.74) is 3.76. The molecule has 2 heterocycles. The zero-order valence-corrected chi connectivity index (χ0v) is 21.9. The number of aromatic nitrogens is 2. The third-order valence-corrected chi connectivity index (χ3v) is 6.78. The Hall–Kier alpha value is -4.50. The summed E-state index contributed by atoms with van der Waals surface area (Å²) in [6, 6.07) is 22.9. The topological polar surface area (TPSA) is 93.7 Å². The number of carbonyl (C=O) groups is 2. The summed E-state index contributed by atoms with van der Waals surface area (Å²) in [7, 11) is 0.